The molecule has 3 aromatic rings. The van der Waals surface area contributed by atoms with Crippen LogP contribution in [0.4, 0.5) is 4.39 Å². The van der Waals surface area contributed by atoms with Gasteiger partial charge in [-0.15, -0.1) is 0 Å². The Morgan fingerprint density at radius 1 is 0.920 bits per heavy atom. The van der Waals surface area contributed by atoms with Crippen LogP contribution in [0.2, 0.25) is 5.02 Å². The number of nitrogens with zero attached hydrogens (tertiary/aromatic N) is 1. The number of unbranched alkanes of at least 4 members (excludes halogenated alkanes) is 1. The first kappa shape index (κ1) is 37.7. The summed E-state index contributed by atoms with van der Waals surface area (Å²) in [5.41, 5.74) is 16.4. The van der Waals surface area contributed by atoms with E-state index < -0.39 is 23.8 Å². The Morgan fingerprint density at radius 2 is 1.70 bits per heavy atom. The molecular formula is C39H47ClFN5O3S. The molecule has 6 N–H and O–H groups in total. The molecular weight excluding hydrogens is 673 g/mol. The highest BCUT2D eigenvalue weighted by Crippen LogP contribution is 2.38. The van der Waals surface area contributed by atoms with Gasteiger partial charge in [-0.25, -0.2) is 4.39 Å². The van der Waals surface area contributed by atoms with Crippen LogP contribution in [0.25, 0.3) is 5.57 Å². The third-order valence-corrected chi connectivity index (χ3v) is 11.4. The molecule has 266 valence electrons. The Balaban J connectivity index is 1.55. The molecule has 0 fully saturated rings. The summed E-state index contributed by atoms with van der Waals surface area (Å²) in [6, 6.07) is 16.8. The summed E-state index contributed by atoms with van der Waals surface area (Å²) < 4.78 is 14.6. The second kappa shape index (κ2) is 18.1. The van der Waals surface area contributed by atoms with Crippen molar-refractivity contribution in [2.45, 2.75) is 86.3 Å². The molecule has 2 aliphatic rings. The van der Waals surface area contributed by atoms with Crippen molar-refractivity contribution in [3.63, 3.8) is 0 Å². The van der Waals surface area contributed by atoms with Crippen molar-refractivity contribution in [1.29, 1.82) is 0 Å². The van der Waals surface area contributed by atoms with Crippen molar-refractivity contribution in [1.82, 2.24) is 15.5 Å². The number of amides is 2. The zero-order valence-electron chi connectivity index (χ0n) is 28.6. The number of likely N-dealkylation sites (N-methyl/N-ethyl adjacent to an activating group) is 1. The highest BCUT2D eigenvalue weighted by molar-refractivity contribution is 7.99. The number of fused-ring (bicyclic) bond motifs is 3. The van der Waals surface area contributed by atoms with Crippen LogP contribution in [-0.4, -0.2) is 54.7 Å². The Morgan fingerprint density at radius 3 is 2.50 bits per heavy atom. The number of hydrogen-bond acceptors (Lipinski definition) is 7. The molecule has 11 heteroatoms. The number of ketones is 1. The lowest BCUT2D eigenvalue weighted by molar-refractivity contribution is -0.143. The first-order chi connectivity index (χ1) is 24.2. The number of hydrogen-bond donors (Lipinski definition) is 4. The summed E-state index contributed by atoms with van der Waals surface area (Å²) in [5, 5.41) is 6.97. The SMILES string of the molecule is CN1C(=O)[C@H](CCCCN)CC(=O)[C@H](CCCN)NCc2cc(F)ccc2Sc2c(Cl)cccc2CNC(=O)[C@@H]1CC1=CCc2ccccc21. The van der Waals surface area contributed by atoms with Crippen molar-refractivity contribution in [3.8, 4) is 0 Å². The van der Waals surface area contributed by atoms with Crippen LogP contribution in [0.3, 0.4) is 0 Å². The average Bonchev–Trinajstić information content (AvgIpc) is 3.52. The number of halogens is 2. The van der Waals surface area contributed by atoms with Crippen molar-refractivity contribution in [2.75, 3.05) is 20.1 Å². The highest BCUT2D eigenvalue weighted by atomic mass is 35.5. The maximum absolute atomic E-state index is 14.6. The van der Waals surface area contributed by atoms with E-state index >= 15 is 0 Å². The molecule has 0 aromatic heterocycles. The van der Waals surface area contributed by atoms with E-state index in [4.69, 9.17) is 23.1 Å². The fourth-order valence-corrected chi connectivity index (χ4v) is 8.14. The van der Waals surface area contributed by atoms with Gasteiger partial charge in [0, 0.05) is 48.7 Å². The van der Waals surface area contributed by atoms with Gasteiger partial charge in [0.05, 0.1) is 11.1 Å². The number of Topliss-reactive ketones (excluding diaryl/α,β-unsaturated/α-hetero) is 1. The molecule has 3 atom stereocenters. The fourth-order valence-electron chi connectivity index (χ4n) is 6.77. The largest absolute Gasteiger partial charge is 0.350 e. The maximum Gasteiger partial charge on any atom is 0.243 e. The Hall–Kier alpha value is -3.54. The van der Waals surface area contributed by atoms with Crippen LogP contribution in [-0.2, 0) is 33.9 Å². The predicted molar refractivity (Wildman–Crippen MR) is 198 cm³/mol. The van der Waals surface area contributed by atoms with E-state index in [0.29, 0.717) is 62.2 Å². The van der Waals surface area contributed by atoms with Gasteiger partial charge >= 0.3 is 0 Å². The molecule has 0 bridgehead atoms. The lowest BCUT2D eigenvalue weighted by Crippen LogP contribution is -2.50. The minimum absolute atomic E-state index is 0.00165. The van der Waals surface area contributed by atoms with E-state index in [1.165, 1.54) is 34.4 Å². The highest BCUT2D eigenvalue weighted by Gasteiger charge is 2.35. The molecule has 5 rings (SSSR count). The number of rotatable bonds is 9. The van der Waals surface area contributed by atoms with Crippen molar-refractivity contribution < 1.29 is 18.8 Å². The van der Waals surface area contributed by atoms with Gasteiger partial charge in [0.1, 0.15) is 11.9 Å². The third-order valence-electron chi connectivity index (χ3n) is 9.63. The number of allylic oxidation sites excluding steroid dienone is 1. The topological polar surface area (TPSA) is 131 Å². The van der Waals surface area contributed by atoms with Crippen LogP contribution >= 0.6 is 23.4 Å². The Bertz CT molecular complexity index is 1720. The summed E-state index contributed by atoms with van der Waals surface area (Å²) in [6.07, 6.45) is 6.14. The molecule has 0 radical (unpaired) electrons. The predicted octanol–water partition coefficient (Wildman–Crippen LogP) is 6.02. The lowest BCUT2D eigenvalue weighted by Gasteiger charge is -2.32. The molecule has 0 spiro atoms. The van der Waals surface area contributed by atoms with E-state index in [1.807, 2.05) is 30.3 Å². The minimum Gasteiger partial charge on any atom is -0.350 e. The fraction of sp³-hybridized carbons (Fsp3) is 0.410. The van der Waals surface area contributed by atoms with Crippen LogP contribution in [0, 0.1) is 11.7 Å². The summed E-state index contributed by atoms with van der Waals surface area (Å²) in [7, 11) is 1.67. The van der Waals surface area contributed by atoms with Gasteiger partial charge in [0.25, 0.3) is 0 Å². The second-order valence-corrected chi connectivity index (χ2v) is 14.5. The number of carbonyl (C=O) groups is 3. The summed E-state index contributed by atoms with van der Waals surface area (Å²) >= 11 is 8.14. The van der Waals surface area contributed by atoms with Crippen molar-refractivity contribution >= 4 is 46.5 Å². The standard InChI is InChI=1S/C39H47ClFN5O3S/c1-46-34(21-26-15-14-25-8-2-3-11-31(25)26)38(48)45-23-28-10-6-12-32(40)37(28)50-36-17-16-30(41)20-29(36)24-44-33(13-7-19-43)35(47)22-27(39(46)49)9-4-5-18-42/h2-3,6,8,10-12,15-17,20,27,33-34,44H,4-5,7,9,13-14,18-19,21-24,42-43H2,1H3,(H,45,48)/t27-,33+,34+/m1/s1. The molecule has 0 saturated heterocycles. The maximum atomic E-state index is 14.6. The molecule has 8 nitrogen and oxygen atoms in total. The Labute approximate surface area is 303 Å². The van der Waals surface area contributed by atoms with E-state index in [2.05, 4.69) is 22.8 Å². The van der Waals surface area contributed by atoms with Gasteiger partial charge in [-0.2, -0.15) is 0 Å². The number of carbonyl (C=O) groups excluding carboxylic acids is 3. The van der Waals surface area contributed by atoms with E-state index in [-0.39, 0.29) is 37.1 Å². The van der Waals surface area contributed by atoms with Gasteiger partial charge in [-0.05, 0) is 97.3 Å². The zero-order valence-corrected chi connectivity index (χ0v) is 30.1. The monoisotopic (exact) mass is 719 g/mol. The van der Waals surface area contributed by atoms with Crippen LogP contribution < -0.4 is 22.1 Å². The first-order valence-corrected chi connectivity index (χ1v) is 18.6. The Kier molecular flexibility index (Phi) is 13.7. The molecule has 1 aliphatic heterocycles. The molecule has 2 amide bonds. The van der Waals surface area contributed by atoms with E-state index in [9.17, 15) is 18.8 Å². The lowest BCUT2D eigenvalue weighted by atomic mass is 9.90. The number of nitrogens with one attached hydrogen (secondary N) is 2. The van der Waals surface area contributed by atoms with Gasteiger partial charge < -0.3 is 27.0 Å². The zero-order chi connectivity index (χ0) is 35.6. The number of benzene rings is 3. The van der Waals surface area contributed by atoms with Crippen molar-refractivity contribution in [2.24, 2.45) is 17.4 Å². The van der Waals surface area contributed by atoms with Crippen LogP contribution in [0.5, 0.6) is 0 Å². The van der Waals surface area contributed by atoms with Crippen molar-refractivity contribution in [3.05, 3.63) is 99.8 Å². The minimum atomic E-state index is -0.826. The normalized spacial score (nSPS) is 20.4. The molecule has 0 saturated carbocycles. The van der Waals surface area contributed by atoms with Gasteiger partial charge in [0.2, 0.25) is 11.8 Å². The van der Waals surface area contributed by atoms with Crippen LogP contribution in [0.15, 0.2) is 76.5 Å². The molecule has 0 unspecified atom stereocenters. The molecule has 50 heavy (non-hydrogen) atoms. The summed E-state index contributed by atoms with van der Waals surface area (Å²) in [5.74, 6) is -1.71. The van der Waals surface area contributed by atoms with Crippen LogP contribution in [0.1, 0.15) is 67.2 Å². The summed E-state index contributed by atoms with van der Waals surface area (Å²) in [6.45, 7) is 1.27. The van der Waals surface area contributed by atoms with Gasteiger partial charge in [-0.3, -0.25) is 14.4 Å². The first-order valence-electron chi connectivity index (χ1n) is 17.4. The van der Waals surface area contributed by atoms with Gasteiger partial charge in [0.15, 0.2) is 5.78 Å². The average molecular weight is 720 g/mol. The second-order valence-electron chi connectivity index (χ2n) is 13.1. The third kappa shape index (κ3) is 9.41. The smallest absolute Gasteiger partial charge is 0.243 e. The van der Waals surface area contributed by atoms with E-state index in [0.717, 1.165) is 32.9 Å². The molecule has 1 aliphatic carbocycles. The molecule has 3 aromatic carbocycles. The molecule has 1 heterocycles. The number of nitrogens with two attached hydrogens (primary N) is 2. The summed E-state index contributed by atoms with van der Waals surface area (Å²) in [4.78, 5) is 45.7. The van der Waals surface area contributed by atoms with E-state index in [1.54, 1.807) is 19.2 Å². The quantitative estimate of drug-likeness (QED) is 0.199. The van der Waals surface area contributed by atoms with Gasteiger partial charge in [-0.1, -0.05) is 72.3 Å².